The third-order valence-electron chi connectivity index (χ3n) is 3.58. The van der Waals surface area contributed by atoms with Gasteiger partial charge in [0.15, 0.2) is 5.82 Å². The lowest BCUT2D eigenvalue weighted by Crippen LogP contribution is -2.37. The zero-order chi connectivity index (χ0) is 14.2. The van der Waals surface area contributed by atoms with Gasteiger partial charge in [0.2, 0.25) is 5.95 Å². The topological polar surface area (TPSA) is 75.3 Å². The van der Waals surface area contributed by atoms with Gasteiger partial charge in [-0.15, -0.1) is 5.10 Å². The number of anilines is 1. The Balaban J connectivity index is 1.75. The van der Waals surface area contributed by atoms with Crippen molar-refractivity contribution < 1.29 is 9.47 Å². The van der Waals surface area contributed by atoms with E-state index < -0.39 is 0 Å². The van der Waals surface area contributed by atoms with E-state index in [4.69, 9.17) is 9.47 Å². The maximum absolute atomic E-state index is 5.42. The fourth-order valence-corrected chi connectivity index (χ4v) is 2.43. The molecule has 1 aromatic rings. The summed E-state index contributed by atoms with van der Waals surface area (Å²) in [6, 6.07) is 0. The molecule has 7 nitrogen and oxygen atoms in total. The number of aromatic amines is 1. The molecule has 1 aliphatic heterocycles. The number of nitrogens with one attached hydrogen (secondary N) is 2. The van der Waals surface area contributed by atoms with E-state index >= 15 is 0 Å². The standard InChI is InChI=1S/C13H25N5O2/c1-14-9-11-3-5-18(6-4-11)13-15-12(16-17-13)10-20-8-7-19-2/h11,14H,3-10H2,1-2H3,(H,15,16,17). The molecule has 2 N–H and O–H groups in total. The molecule has 7 heteroatoms. The third kappa shape index (κ3) is 4.43. The molecule has 2 heterocycles. The second-order valence-electron chi connectivity index (χ2n) is 5.12. The van der Waals surface area contributed by atoms with Crippen LogP contribution in [0.3, 0.4) is 0 Å². The van der Waals surface area contributed by atoms with Crippen molar-refractivity contribution in [3.05, 3.63) is 5.82 Å². The molecule has 1 aromatic heterocycles. The van der Waals surface area contributed by atoms with Gasteiger partial charge in [0.25, 0.3) is 0 Å². The molecule has 0 radical (unpaired) electrons. The zero-order valence-corrected chi connectivity index (χ0v) is 12.4. The van der Waals surface area contributed by atoms with E-state index in [-0.39, 0.29) is 0 Å². The molecule has 0 aromatic carbocycles. The summed E-state index contributed by atoms with van der Waals surface area (Å²) in [4.78, 5) is 6.72. The summed E-state index contributed by atoms with van der Waals surface area (Å²) < 4.78 is 10.3. The number of hydrogen-bond acceptors (Lipinski definition) is 6. The lowest BCUT2D eigenvalue weighted by atomic mass is 9.97. The van der Waals surface area contributed by atoms with Crippen LogP contribution in [0.4, 0.5) is 5.95 Å². The number of nitrogens with zero attached hydrogens (tertiary/aromatic N) is 3. The molecule has 0 unspecified atom stereocenters. The number of rotatable bonds is 8. The van der Waals surface area contributed by atoms with Crippen molar-refractivity contribution in [2.75, 3.05) is 51.9 Å². The molecule has 2 rings (SSSR count). The zero-order valence-electron chi connectivity index (χ0n) is 12.4. The summed E-state index contributed by atoms with van der Waals surface area (Å²) >= 11 is 0. The molecule has 1 fully saturated rings. The average molecular weight is 283 g/mol. The van der Waals surface area contributed by atoms with Gasteiger partial charge in [0.05, 0.1) is 13.2 Å². The number of ether oxygens (including phenoxy) is 2. The van der Waals surface area contributed by atoms with Gasteiger partial charge in [0.1, 0.15) is 6.61 Å². The molecule has 0 saturated carbocycles. The molecular formula is C13H25N5O2. The lowest BCUT2D eigenvalue weighted by molar-refractivity contribution is 0.0587. The van der Waals surface area contributed by atoms with Gasteiger partial charge in [-0.2, -0.15) is 4.98 Å². The van der Waals surface area contributed by atoms with Crippen molar-refractivity contribution in [1.29, 1.82) is 0 Å². The molecule has 0 spiro atoms. The minimum Gasteiger partial charge on any atom is -0.382 e. The number of methoxy groups -OCH3 is 1. The Morgan fingerprint density at radius 1 is 1.35 bits per heavy atom. The highest BCUT2D eigenvalue weighted by molar-refractivity contribution is 5.29. The van der Waals surface area contributed by atoms with E-state index in [0.29, 0.717) is 19.8 Å². The molecule has 20 heavy (non-hydrogen) atoms. The van der Waals surface area contributed by atoms with Crippen LogP contribution < -0.4 is 10.2 Å². The van der Waals surface area contributed by atoms with Crippen LogP contribution in [0, 0.1) is 5.92 Å². The predicted octanol–water partition coefficient (Wildman–Crippen LogP) is 0.404. The first-order valence-corrected chi connectivity index (χ1v) is 7.21. The second kappa shape index (κ2) is 8.18. The first kappa shape index (κ1) is 15.2. The maximum Gasteiger partial charge on any atom is 0.244 e. The van der Waals surface area contributed by atoms with Crippen LogP contribution in [0.25, 0.3) is 0 Å². The van der Waals surface area contributed by atoms with Crippen LogP contribution in [0.2, 0.25) is 0 Å². The van der Waals surface area contributed by atoms with Gasteiger partial charge in [0, 0.05) is 20.2 Å². The predicted molar refractivity (Wildman–Crippen MR) is 76.8 cm³/mol. The number of H-pyrrole nitrogens is 1. The van der Waals surface area contributed by atoms with E-state index in [2.05, 4.69) is 25.4 Å². The number of piperidine rings is 1. The molecule has 1 aliphatic rings. The van der Waals surface area contributed by atoms with Crippen molar-refractivity contribution in [3.8, 4) is 0 Å². The summed E-state index contributed by atoms with van der Waals surface area (Å²) in [5.41, 5.74) is 0. The molecule has 114 valence electrons. The Morgan fingerprint density at radius 3 is 2.85 bits per heavy atom. The van der Waals surface area contributed by atoms with Gasteiger partial charge >= 0.3 is 0 Å². The molecule has 1 saturated heterocycles. The first-order chi connectivity index (χ1) is 9.83. The quantitative estimate of drug-likeness (QED) is 0.673. The highest BCUT2D eigenvalue weighted by atomic mass is 16.5. The van der Waals surface area contributed by atoms with E-state index in [1.54, 1.807) is 7.11 Å². The second-order valence-corrected chi connectivity index (χ2v) is 5.12. The molecule has 0 amide bonds. The Bertz CT molecular complexity index is 377. The smallest absolute Gasteiger partial charge is 0.244 e. The van der Waals surface area contributed by atoms with Crippen molar-refractivity contribution in [1.82, 2.24) is 20.5 Å². The van der Waals surface area contributed by atoms with Crippen molar-refractivity contribution >= 4 is 5.95 Å². The molecular weight excluding hydrogens is 258 g/mol. The Hall–Kier alpha value is -1.18. The highest BCUT2D eigenvalue weighted by Crippen LogP contribution is 2.20. The normalized spacial score (nSPS) is 16.8. The van der Waals surface area contributed by atoms with Gasteiger partial charge in [-0.3, -0.25) is 5.10 Å². The van der Waals surface area contributed by atoms with Crippen molar-refractivity contribution in [2.24, 2.45) is 5.92 Å². The summed E-state index contributed by atoms with van der Waals surface area (Å²) in [5, 5.41) is 10.5. The van der Waals surface area contributed by atoms with Crippen LogP contribution in [0.5, 0.6) is 0 Å². The number of aromatic nitrogens is 3. The van der Waals surface area contributed by atoms with E-state index in [1.165, 1.54) is 12.8 Å². The Kier molecular flexibility index (Phi) is 6.23. The summed E-state index contributed by atoms with van der Waals surface area (Å²) in [7, 11) is 3.67. The molecule has 0 atom stereocenters. The van der Waals surface area contributed by atoms with Crippen molar-refractivity contribution in [3.63, 3.8) is 0 Å². The third-order valence-corrected chi connectivity index (χ3v) is 3.58. The summed E-state index contributed by atoms with van der Waals surface area (Å²) in [5.74, 6) is 2.33. The summed E-state index contributed by atoms with van der Waals surface area (Å²) in [6.45, 7) is 4.76. The molecule has 0 aliphatic carbocycles. The highest BCUT2D eigenvalue weighted by Gasteiger charge is 2.21. The van der Waals surface area contributed by atoms with Crippen LogP contribution in [0.1, 0.15) is 18.7 Å². The van der Waals surface area contributed by atoms with Crippen LogP contribution in [0.15, 0.2) is 0 Å². The lowest BCUT2D eigenvalue weighted by Gasteiger charge is -2.30. The van der Waals surface area contributed by atoms with Gasteiger partial charge < -0.3 is 19.7 Å². The average Bonchev–Trinajstić information content (AvgIpc) is 2.94. The Labute approximate surface area is 120 Å². The van der Waals surface area contributed by atoms with Gasteiger partial charge in [-0.1, -0.05) is 0 Å². The fourth-order valence-electron chi connectivity index (χ4n) is 2.43. The first-order valence-electron chi connectivity index (χ1n) is 7.21. The fraction of sp³-hybridized carbons (Fsp3) is 0.846. The van der Waals surface area contributed by atoms with E-state index in [9.17, 15) is 0 Å². The maximum atomic E-state index is 5.42. The van der Waals surface area contributed by atoms with Crippen molar-refractivity contribution in [2.45, 2.75) is 19.4 Å². The van der Waals surface area contributed by atoms with Crippen LogP contribution in [-0.2, 0) is 16.1 Å². The van der Waals surface area contributed by atoms with Crippen LogP contribution in [-0.4, -0.2) is 62.2 Å². The van der Waals surface area contributed by atoms with E-state index in [1.807, 2.05) is 7.05 Å². The molecule has 0 bridgehead atoms. The minimum atomic E-state index is 0.451. The Morgan fingerprint density at radius 2 is 2.15 bits per heavy atom. The largest absolute Gasteiger partial charge is 0.382 e. The summed E-state index contributed by atoms with van der Waals surface area (Å²) in [6.07, 6.45) is 2.38. The SMILES string of the molecule is CNCC1CCN(c2n[nH]c(COCCOC)n2)CC1. The van der Waals surface area contributed by atoms with Gasteiger partial charge in [-0.05, 0) is 32.4 Å². The monoisotopic (exact) mass is 283 g/mol. The minimum absolute atomic E-state index is 0.451. The van der Waals surface area contributed by atoms with Gasteiger partial charge in [-0.25, -0.2) is 0 Å². The number of hydrogen-bond donors (Lipinski definition) is 2. The van der Waals surface area contributed by atoms with Crippen LogP contribution >= 0.6 is 0 Å². The van der Waals surface area contributed by atoms with E-state index in [0.717, 1.165) is 37.3 Å².